The molecule has 0 aliphatic rings. The van der Waals surface area contributed by atoms with Crippen LogP contribution in [0.2, 0.25) is 0 Å². The Bertz CT molecular complexity index is 553. The Kier molecular flexibility index (Phi) is 5.71. The zero-order valence-corrected chi connectivity index (χ0v) is 16.6. The zero-order chi connectivity index (χ0) is 13.1. The van der Waals surface area contributed by atoms with Crippen LogP contribution in [0.4, 0.5) is 0 Å². The fourth-order valence-electron chi connectivity index (χ4n) is 1.45. The van der Waals surface area contributed by atoms with E-state index in [4.69, 9.17) is 0 Å². The fraction of sp³-hybridized carbons (Fsp3) is 0. The smallest absolute Gasteiger partial charge is 0.0213 e. The molecule has 0 heterocycles. The minimum atomic E-state index is 1.11. The Labute approximate surface area is 151 Å². The standard InChI is InChI=1S/C14H8Br2I2/c15-11-5-3-9(13(17)7-11)1-2-10-4-6-12(16)8-14(10)18/h1-8H. The molecular formula is C14H8Br2I2. The van der Waals surface area contributed by atoms with E-state index in [0.717, 1.165) is 8.95 Å². The maximum Gasteiger partial charge on any atom is 0.0213 e. The third kappa shape index (κ3) is 4.05. The minimum absolute atomic E-state index is 1.11. The second kappa shape index (κ2) is 6.85. The molecule has 0 aliphatic carbocycles. The Morgan fingerprint density at radius 3 is 1.44 bits per heavy atom. The van der Waals surface area contributed by atoms with E-state index < -0.39 is 0 Å². The lowest BCUT2D eigenvalue weighted by Crippen LogP contribution is -1.82. The monoisotopic (exact) mass is 588 g/mol. The van der Waals surface area contributed by atoms with Crippen molar-refractivity contribution in [2.75, 3.05) is 0 Å². The lowest BCUT2D eigenvalue weighted by Gasteiger charge is -2.01. The molecule has 0 amide bonds. The summed E-state index contributed by atoms with van der Waals surface area (Å²) in [6.07, 6.45) is 4.30. The van der Waals surface area contributed by atoms with Crippen molar-refractivity contribution >= 4 is 89.2 Å². The molecule has 0 N–H and O–H groups in total. The first-order chi connectivity index (χ1) is 8.56. The number of benzene rings is 2. The summed E-state index contributed by atoms with van der Waals surface area (Å²) in [5.74, 6) is 0. The third-order valence-corrected chi connectivity index (χ3v) is 5.22. The van der Waals surface area contributed by atoms with Crippen molar-refractivity contribution in [1.82, 2.24) is 0 Å². The van der Waals surface area contributed by atoms with Crippen LogP contribution in [0.15, 0.2) is 45.3 Å². The van der Waals surface area contributed by atoms with Crippen LogP contribution in [0.5, 0.6) is 0 Å². The molecule has 0 aliphatic heterocycles. The summed E-state index contributed by atoms with van der Waals surface area (Å²) in [5.41, 5.74) is 2.47. The molecule has 2 aromatic carbocycles. The Morgan fingerprint density at radius 1 is 0.722 bits per heavy atom. The van der Waals surface area contributed by atoms with Gasteiger partial charge in [-0.05, 0) is 80.6 Å². The van der Waals surface area contributed by atoms with E-state index in [2.05, 4.69) is 126 Å². The normalized spacial score (nSPS) is 11.1. The SMILES string of the molecule is Brc1ccc(C=Cc2ccc(Br)cc2I)c(I)c1. The molecule has 0 atom stereocenters. The summed E-state index contributed by atoms with van der Waals surface area (Å²) in [4.78, 5) is 0. The van der Waals surface area contributed by atoms with Crippen LogP contribution >= 0.6 is 77.0 Å². The summed E-state index contributed by atoms with van der Waals surface area (Å²) < 4.78 is 4.71. The number of halogens is 4. The summed E-state index contributed by atoms with van der Waals surface area (Å²) in [6.45, 7) is 0. The molecule has 0 bridgehead atoms. The zero-order valence-electron chi connectivity index (χ0n) is 9.13. The van der Waals surface area contributed by atoms with Crippen molar-refractivity contribution in [2.45, 2.75) is 0 Å². The van der Waals surface area contributed by atoms with Gasteiger partial charge >= 0.3 is 0 Å². The van der Waals surface area contributed by atoms with Gasteiger partial charge in [0.05, 0.1) is 0 Å². The van der Waals surface area contributed by atoms with Crippen LogP contribution in [0.25, 0.3) is 12.2 Å². The van der Waals surface area contributed by atoms with Gasteiger partial charge in [0.25, 0.3) is 0 Å². The summed E-state index contributed by atoms with van der Waals surface area (Å²) in [5, 5.41) is 0. The molecule has 2 aromatic rings. The van der Waals surface area contributed by atoms with Crippen LogP contribution < -0.4 is 0 Å². The first-order valence-corrected chi connectivity index (χ1v) is 8.89. The van der Waals surface area contributed by atoms with Gasteiger partial charge < -0.3 is 0 Å². The van der Waals surface area contributed by atoms with Gasteiger partial charge in [-0.25, -0.2) is 0 Å². The lowest BCUT2D eigenvalue weighted by molar-refractivity contribution is 1.54. The highest BCUT2D eigenvalue weighted by Crippen LogP contribution is 2.23. The second-order valence-corrected chi connectivity index (χ2v) is 7.82. The van der Waals surface area contributed by atoms with Gasteiger partial charge in [-0.15, -0.1) is 0 Å². The largest absolute Gasteiger partial charge is 0.0533 e. The first kappa shape index (κ1) is 15.0. The minimum Gasteiger partial charge on any atom is -0.0533 e. The highest BCUT2D eigenvalue weighted by Gasteiger charge is 1.99. The van der Waals surface area contributed by atoms with Crippen LogP contribution in [-0.2, 0) is 0 Å². The predicted octanol–water partition coefficient (Wildman–Crippen LogP) is 6.59. The summed E-state index contributed by atoms with van der Waals surface area (Å²) in [7, 11) is 0. The van der Waals surface area contributed by atoms with Crippen LogP contribution in [0.3, 0.4) is 0 Å². The van der Waals surface area contributed by atoms with Crippen molar-refractivity contribution in [3.8, 4) is 0 Å². The summed E-state index contributed by atoms with van der Waals surface area (Å²) in [6, 6.07) is 12.6. The van der Waals surface area contributed by atoms with E-state index in [1.807, 2.05) is 0 Å². The van der Waals surface area contributed by atoms with E-state index in [0.29, 0.717) is 0 Å². The van der Waals surface area contributed by atoms with Gasteiger partial charge in [-0.2, -0.15) is 0 Å². The predicted molar refractivity (Wildman–Crippen MR) is 103 cm³/mol. The van der Waals surface area contributed by atoms with Gasteiger partial charge in [-0.3, -0.25) is 0 Å². The Balaban J connectivity index is 2.30. The molecule has 0 unspecified atom stereocenters. The van der Waals surface area contributed by atoms with E-state index in [1.165, 1.54) is 18.3 Å². The Morgan fingerprint density at radius 2 is 1.11 bits per heavy atom. The molecule has 0 nitrogen and oxygen atoms in total. The number of hydrogen-bond donors (Lipinski definition) is 0. The number of rotatable bonds is 2. The maximum atomic E-state index is 3.48. The molecule has 0 aromatic heterocycles. The van der Waals surface area contributed by atoms with Crippen molar-refractivity contribution in [2.24, 2.45) is 0 Å². The van der Waals surface area contributed by atoms with Gasteiger partial charge in [-0.1, -0.05) is 56.1 Å². The Hall–Kier alpha value is 0.600. The number of hydrogen-bond acceptors (Lipinski definition) is 0. The van der Waals surface area contributed by atoms with Crippen molar-refractivity contribution in [3.63, 3.8) is 0 Å². The van der Waals surface area contributed by atoms with E-state index >= 15 is 0 Å². The van der Waals surface area contributed by atoms with E-state index in [-0.39, 0.29) is 0 Å². The highest BCUT2D eigenvalue weighted by atomic mass is 127. The molecule has 0 saturated heterocycles. The van der Waals surface area contributed by atoms with Gasteiger partial charge in [0.2, 0.25) is 0 Å². The van der Waals surface area contributed by atoms with Crippen molar-refractivity contribution in [1.29, 1.82) is 0 Å². The van der Waals surface area contributed by atoms with E-state index in [9.17, 15) is 0 Å². The fourth-order valence-corrected chi connectivity index (χ4v) is 4.42. The molecule has 18 heavy (non-hydrogen) atoms. The van der Waals surface area contributed by atoms with Crippen LogP contribution in [-0.4, -0.2) is 0 Å². The second-order valence-electron chi connectivity index (χ2n) is 3.67. The molecule has 4 heteroatoms. The van der Waals surface area contributed by atoms with E-state index in [1.54, 1.807) is 0 Å². The van der Waals surface area contributed by atoms with Crippen molar-refractivity contribution in [3.05, 3.63) is 63.6 Å². The average Bonchev–Trinajstić information content (AvgIpc) is 2.30. The molecule has 0 fully saturated rings. The topological polar surface area (TPSA) is 0 Å². The van der Waals surface area contributed by atoms with Crippen molar-refractivity contribution < 1.29 is 0 Å². The quantitative estimate of drug-likeness (QED) is 0.274. The molecule has 0 saturated carbocycles. The maximum absolute atomic E-state index is 3.48. The molecule has 92 valence electrons. The molecular weight excluding hydrogens is 582 g/mol. The third-order valence-electron chi connectivity index (χ3n) is 2.37. The van der Waals surface area contributed by atoms with Gasteiger partial charge in [0.15, 0.2) is 0 Å². The lowest BCUT2D eigenvalue weighted by atomic mass is 10.1. The average molecular weight is 590 g/mol. The molecule has 2 rings (SSSR count). The molecule has 0 spiro atoms. The summed E-state index contributed by atoms with van der Waals surface area (Å²) >= 11 is 11.7. The first-order valence-electron chi connectivity index (χ1n) is 5.14. The van der Waals surface area contributed by atoms with Gasteiger partial charge in [0, 0.05) is 16.1 Å². The molecule has 0 radical (unpaired) electrons. The van der Waals surface area contributed by atoms with Gasteiger partial charge in [0.1, 0.15) is 0 Å². The highest BCUT2D eigenvalue weighted by molar-refractivity contribution is 14.1. The van der Waals surface area contributed by atoms with Crippen LogP contribution in [0, 0.1) is 7.14 Å². The van der Waals surface area contributed by atoms with Crippen LogP contribution in [0.1, 0.15) is 11.1 Å².